The molecule has 0 spiro atoms. The van der Waals surface area contributed by atoms with Crippen molar-refractivity contribution in [3.05, 3.63) is 65.4 Å². The lowest BCUT2D eigenvalue weighted by atomic mass is 9.93. The van der Waals surface area contributed by atoms with Crippen molar-refractivity contribution >= 4 is 27.7 Å². The number of anilines is 1. The van der Waals surface area contributed by atoms with Gasteiger partial charge in [-0.05, 0) is 45.7 Å². The Labute approximate surface area is 237 Å². The first-order valence-electron chi connectivity index (χ1n) is 13.6. The fourth-order valence-electron chi connectivity index (χ4n) is 5.36. The second kappa shape index (κ2) is 12.3. The molecule has 0 radical (unpaired) electrons. The zero-order valence-electron chi connectivity index (χ0n) is 24.4. The maximum Gasteiger partial charge on any atom is 0.314 e. The quantitative estimate of drug-likeness (QED) is 0.284. The number of sulfonamides is 1. The van der Waals surface area contributed by atoms with E-state index in [1.165, 1.54) is 6.07 Å². The number of amides is 2. The van der Waals surface area contributed by atoms with Crippen LogP contribution >= 0.6 is 0 Å². The summed E-state index contributed by atoms with van der Waals surface area (Å²) in [6.45, 7) is 13.5. The second-order valence-electron chi connectivity index (χ2n) is 10.9. The van der Waals surface area contributed by atoms with Gasteiger partial charge in [-0.15, -0.1) is 0 Å². The Morgan fingerprint density at radius 1 is 1.02 bits per heavy atom. The van der Waals surface area contributed by atoms with Crippen LogP contribution in [-0.2, 0) is 26.2 Å². The number of hydrogen-bond acceptors (Lipinski definition) is 6. The van der Waals surface area contributed by atoms with E-state index in [1.54, 1.807) is 32.0 Å². The Kier molecular flexibility index (Phi) is 9.58. The van der Waals surface area contributed by atoms with Crippen molar-refractivity contribution in [1.82, 2.24) is 5.16 Å². The summed E-state index contributed by atoms with van der Waals surface area (Å²) in [5, 5.41) is 3.83. The van der Waals surface area contributed by atoms with Crippen LogP contribution in [0.15, 0.2) is 57.9 Å². The highest BCUT2D eigenvalue weighted by atomic mass is 32.2. The lowest BCUT2D eigenvalue weighted by molar-refractivity contribution is -0.907. The Bertz CT molecular complexity index is 1460. The third kappa shape index (κ3) is 6.13. The minimum atomic E-state index is -3.98. The highest BCUT2D eigenvalue weighted by molar-refractivity contribution is 7.92. The number of carbonyl (C=O) groups excluding carboxylic acids is 2. The van der Waals surface area contributed by atoms with Crippen molar-refractivity contribution in [2.75, 3.05) is 4.72 Å². The molecular weight excluding hydrogens is 528 g/mol. The van der Waals surface area contributed by atoms with Gasteiger partial charge in [-0.1, -0.05) is 68.4 Å². The molecule has 216 valence electrons. The first kappa shape index (κ1) is 31.0. The maximum atomic E-state index is 13.7. The van der Waals surface area contributed by atoms with Gasteiger partial charge < -0.3 is 10.3 Å². The maximum absolute atomic E-state index is 13.7. The Morgan fingerprint density at radius 3 is 2.15 bits per heavy atom. The highest BCUT2D eigenvalue weighted by Crippen LogP contribution is 2.33. The standard InChI is InChI=1S/C30H40N4O5S/c1-8-11-27(35)34(20(4)5,28(19(2)3)29(31)36)18-23-14-16-24(17-15-23)25-12-9-10-13-26(25)40(37,38)33-30-21(6)22(7)32-39-30/h9-10,12-17,19-20,28H,8,11,18H2,1-7H3,(H2-,31,32,33,36)/p+1/t28-,34?/m0/s1. The highest BCUT2D eigenvalue weighted by Gasteiger charge is 2.50. The summed E-state index contributed by atoms with van der Waals surface area (Å²) in [6.07, 6.45) is 1.01. The summed E-state index contributed by atoms with van der Waals surface area (Å²) in [4.78, 5) is 26.4. The van der Waals surface area contributed by atoms with Crippen LogP contribution in [0.3, 0.4) is 0 Å². The topological polar surface area (TPSA) is 132 Å². The summed E-state index contributed by atoms with van der Waals surface area (Å²) < 4.78 is 34.3. The molecule has 1 heterocycles. The molecule has 1 aromatic heterocycles. The number of nitrogens with zero attached hydrogens (tertiary/aromatic N) is 2. The van der Waals surface area contributed by atoms with Gasteiger partial charge in [0.2, 0.25) is 5.88 Å². The molecule has 2 atom stereocenters. The monoisotopic (exact) mass is 569 g/mol. The molecule has 3 aromatic rings. The number of aromatic nitrogens is 1. The number of benzene rings is 2. The van der Waals surface area contributed by atoms with Gasteiger partial charge in [0.1, 0.15) is 6.54 Å². The van der Waals surface area contributed by atoms with E-state index in [0.29, 0.717) is 41.8 Å². The zero-order valence-corrected chi connectivity index (χ0v) is 25.2. The summed E-state index contributed by atoms with van der Waals surface area (Å²) in [6, 6.07) is 13.3. The van der Waals surface area contributed by atoms with Crippen LogP contribution in [0.4, 0.5) is 5.88 Å². The van der Waals surface area contributed by atoms with Crippen LogP contribution in [0.2, 0.25) is 0 Å². The number of nitrogens with two attached hydrogens (primary N) is 1. The first-order chi connectivity index (χ1) is 18.8. The number of rotatable bonds is 12. The fraction of sp³-hybridized carbons (Fsp3) is 0.433. The molecule has 0 saturated carbocycles. The largest absolute Gasteiger partial charge is 0.364 e. The van der Waals surface area contributed by atoms with E-state index in [2.05, 4.69) is 9.88 Å². The minimum absolute atomic E-state index is 0.0143. The number of primary amides is 1. The number of hydrogen-bond donors (Lipinski definition) is 2. The third-order valence-electron chi connectivity index (χ3n) is 7.54. The van der Waals surface area contributed by atoms with Gasteiger partial charge in [-0.25, -0.2) is 22.4 Å². The van der Waals surface area contributed by atoms with E-state index in [1.807, 2.05) is 58.9 Å². The molecule has 1 unspecified atom stereocenters. The second-order valence-corrected chi connectivity index (χ2v) is 12.6. The van der Waals surface area contributed by atoms with E-state index < -0.39 is 22.0 Å². The van der Waals surface area contributed by atoms with Crippen molar-refractivity contribution in [3.8, 4) is 11.1 Å². The van der Waals surface area contributed by atoms with E-state index in [0.717, 1.165) is 5.56 Å². The van der Waals surface area contributed by atoms with Crippen molar-refractivity contribution in [1.29, 1.82) is 0 Å². The first-order valence-corrected chi connectivity index (χ1v) is 15.1. The van der Waals surface area contributed by atoms with Crippen LogP contribution in [0.1, 0.15) is 64.3 Å². The number of carbonyl (C=O) groups is 2. The van der Waals surface area contributed by atoms with Crippen molar-refractivity contribution in [2.24, 2.45) is 11.7 Å². The van der Waals surface area contributed by atoms with Gasteiger partial charge in [0.25, 0.3) is 15.9 Å². The van der Waals surface area contributed by atoms with E-state index in [9.17, 15) is 18.0 Å². The lowest BCUT2D eigenvalue weighted by Gasteiger charge is -2.46. The predicted octanol–water partition coefficient (Wildman–Crippen LogP) is 5.32. The molecule has 40 heavy (non-hydrogen) atoms. The fourth-order valence-corrected chi connectivity index (χ4v) is 6.64. The van der Waals surface area contributed by atoms with Gasteiger partial charge in [0, 0.05) is 22.6 Å². The SMILES string of the molecule is CCCC(=O)[N+](Cc1ccc(-c2ccccc2S(=O)(=O)Nc2onc(C)c2C)cc1)(C(C)C)[C@H](C(N)=O)C(C)C. The molecule has 10 heteroatoms. The molecule has 0 aliphatic carbocycles. The lowest BCUT2D eigenvalue weighted by Crippen LogP contribution is -2.67. The average molecular weight is 570 g/mol. The van der Waals surface area contributed by atoms with Gasteiger partial charge in [-0.3, -0.25) is 4.79 Å². The Hall–Kier alpha value is -3.50. The van der Waals surface area contributed by atoms with Crippen molar-refractivity contribution in [2.45, 2.75) is 84.8 Å². The molecule has 2 aromatic carbocycles. The van der Waals surface area contributed by atoms with Crippen LogP contribution in [-0.4, -0.2) is 42.0 Å². The summed E-state index contributed by atoms with van der Waals surface area (Å²) in [5.74, 6) is -0.564. The Morgan fingerprint density at radius 2 is 1.65 bits per heavy atom. The third-order valence-corrected chi connectivity index (χ3v) is 8.93. The van der Waals surface area contributed by atoms with Gasteiger partial charge in [0.05, 0.1) is 23.1 Å². The number of quaternary nitrogens is 1. The molecule has 3 rings (SSSR count). The van der Waals surface area contributed by atoms with Gasteiger partial charge >= 0.3 is 5.91 Å². The number of aryl methyl sites for hydroxylation is 1. The van der Waals surface area contributed by atoms with E-state index >= 15 is 0 Å². The van der Waals surface area contributed by atoms with Crippen molar-refractivity contribution in [3.63, 3.8) is 0 Å². The molecule has 9 nitrogen and oxygen atoms in total. The van der Waals surface area contributed by atoms with Crippen molar-refractivity contribution < 1.29 is 27.0 Å². The smallest absolute Gasteiger partial charge is 0.314 e. The molecule has 0 saturated heterocycles. The molecule has 3 N–H and O–H groups in total. The average Bonchev–Trinajstić information content (AvgIpc) is 3.19. The normalized spacial score (nSPS) is 14.2. The van der Waals surface area contributed by atoms with Gasteiger partial charge in [0.15, 0.2) is 6.04 Å². The molecular formula is C30H41N4O5S+. The van der Waals surface area contributed by atoms with E-state index in [4.69, 9.17) is 10.3 Å². The summed E-state index contributed by atoms with van der Waals surface area (Å²) in [5.41, 5.74) is 9.16. The van der Waals surface area contributed by atoms with Crippen LogP contribution in [0.25, 0.3) is 11.1 Å². The van der Waals surface area contributed by atoms with Crippen LogP contribution in [0, 0.1) is 19.8 Å². The minimum Gasteiger partial charge on any atom is -0.364 e. The number of nitrogens with one attached hydrogen (secondary N) is 1. The molecule has 0 bridgehead atoms. The van der Waals surface area contributed by atoms with Crippen LogP contribution < -0.4 is 10.5 Å². The molecule has 2 amide bonds. The summed E-state index contributed by atoms with van der Waals surface area (Å²) in [7, 11) is -3.98. The van der Waals surface area contributed by atoms with E-state index in [-0.39, 0.29) is 33.1 Å². The molecule has 0 fully saturated rings. The van der Waals surface area contributed by atoms with Gasteiger partial charge in [-0.2, -0.15) is 0 Å². The zero-order chi connectivity index (χ0) is 29.8. The summed E-state index contributed by atoms with van der Waals surface area (Å²) >= 11 is 0. The van der Waals surface area contributed by atoms with Crippen LogP contribution in [0.5, 0.6) is 0 Å². The molecule has 0 aliphatic rings. The predicted molar refractivity (Wildman–Crippen MR) is 155 cm³/mol. The molecule has 0 aliphatic heterocycles. The Balaban J connectivity index is 2.03.